The Morgan fingerprint density at radius 3 is 2.68 bits per heavy atom. The highest BCUT2D eigenvalue weighted by molar-refractivity contribution is 6.03. The molecule has 2 aliphatic heterocycles. The minimum atomic E-state index is -0.971. The monoisotopic (exact) mass is 427 g/mol. The number of nitrogens with zero attached hydrogens (tertiary/aromatic N) is 2. The molecule has 4 heterocycles. The fourth-order valence-corrected chi connectivity index (χ4v) is 5.49. The summed E-state index contributed by atoms with van der Waals surface area (Å²) in [4.78, 5) is 29.1. The molecule has 3 aliphatic rings. The van der Waals surface area contributed by atoms with E-state index >= 15 is 0 Å². The molecule has 5 rings (SSSR count). The van der Waals surface area contributed by atoms with Crippen LogP contribution in [0.1, 0.15) is 75.2 Å². The molecule has 0 spiro atoms. The predicted molar refractivity (Wildman–Crippen MR) is 117 cm³/mol. The van der Waals surface area contributed by atoms with Crippen LogP contribution < -0.4 is 5.32 Å². The fraction of sp³-hybridized carbons (Fsp3) is 0.667. The van der Waals surface area contributed by atoms with E-state index < -0.39 is 5.54 Å². The fourth-order valence-electron chi connectivity index (χ4n) is 5.49. The maximum Gasteiger partial charge on any atom is 0.271 e. The number of carbonyl (C=O) groups excluding carboxylic acids is 2. The topological polar surface area (TPSA) is 76.7 Å². The summed E-state index contributed by atoms with van der Waals surface area (Å²) in [6, 6.07) is 3.85. The van der Waals surface area contributed by atoms with Crippen LogP contribution >= 0.6 is 0 Å². The molecule has 2 amide bonds. The van der Waals surface area contributed by atoms with E-state index in [1.807, 2.05) is 17.6 Å². The Morgan fingerprint density at radius 2 is 1.94 bits per heavy atom. The molecule has 31 heavy (non-hydrogen) atoms. The van der Waals surface area contributed by atoms with Gasteiger partial charge in [0.15, 0.2) is 5.58 Å². The second-order valence-electron chi connectivity index (χ2n) is 9.63. The lowest BCUT2D eigenvalue weighted by atomic mass is 9.91. The van der Waals surface area contributed by atoms with Crippen molar-refractivity contribution in [3.05, 3.63) is 24.1 Å². The lowest BCUT2D eigenvalue weighted by Crippen LogP contribution is -2.66. The molecule has 2 aromatic heterocycles. The number of nitrogens with one attached hydrogen (secondary N) is 1. The summed E-state index contributed by atoms with van der Waals surface area (Å²) < 4.78 is 13.3. The Hall–Kier alpha value is -2.28. The lowest BCUT2D eigenvalue weighted by Gasteiger charge is -2.45. The van der Waals surface area contributed by atoms with Gasteiger partial charge in [0, 0.05) is 31.3 Å². The third-order valence-corrected chi connectivity index (χ3v) is 7.39. The molecule has 0 unspecified atom stereocenters. The minimum Gasteiger partial charge on any atom is -0.463 e. The van der Waals surface area contributed by atoms with E-state index in [4.69, 9.17) is 9.15 Å². The van der Waals surface area contributed by atoms with Crippen molar-refractivity contribution < 1.29 is 18.7 Å². The van der Waals surface area contributed by atoms with Gasteiger partial charge in [-0.25, -0.2) is 0 Å². The van der Waals surface area contributed by atoms with Crippen LogP contribution in [0.15, 0.2) is 22.8 Å². The van der Waals surface area contributed by atoms with Crippen LogP contribution in [-0.2, 0) is 16.1 Å². The molecular weight excluding hydrogens is 394 g/mol. The van der Waals surface area contributed by atoms with Crippen LogP contribution in [0.25, 0.3) is 11.1 Å². The van der Waals surface area contributed by atoms with Crippen LogP contribution in [0.2, 0.25) is 0 Å². The molecule has 1 saturated heterocycles. The molecule has 1 aliphatic carbocycles. The maximum absolute atomic E-state index is 13.7. The SMILES string of the molecule is C[C@]1(C(=O)NC2CCCCCCC2)Cn2c(cc3occc32)C(=O)N1C[C@H]1CCCO1. The van der Waals surface area contributed by atoms with Crippen molar-refractivity contribution in [3.63, 3.8) is 0 Å². The van der Waals surface area contributed by atoms with Gasteiger partial charge in [-0.3, -0.25) is 9.59 Å². The number of hydrogen-bond donors (Lipinski definition) is 1. The van der Waals surface area contributed by atoms with E-state index in [0.29, 0.717) is 24.4 Å². The molecular formula is C24H33N3O4. The number of amides is 2. The number of carbonyl (C=O) groups is 2. The number of aromatic nitrogens is 1. The Balaban J connectivity index is 1.45. The first-order chi connectivity index (χ1) is 15.1. The number of fused-ring (bicyclic) bond motifs is 3. The Labute approximate surface area is 183 Å². The average Bonchev–Trinajstić information content (AvgIpc) is 3.46. The van der Waals surface area contributed by atoms with E-state index in [0.717, 1.165) is 50.6 Å². The summed E-state index contributed by atoms with van der Waals surface area (Å²) in [5, 5.41) is 3.33. The molecule has 2 aromatic rings. The third-order valence-electron chi connectivity index (χ3n) is 7.39. The molecule has 0 aromatic carbocycles. The molecule has 7 heteroatoms. The number of ether oxygens (including phenoxy) is 1. The number of hydrogen-bond acceptors (Lipinski definition) is 4. The Kier molecular flexibility index (Phi) is 5.54. The van der Waals surface area contributed by atoms with Crippen molar-refractivity contribution in [2.45, 2.75) is 88.9 Å². The molecule has 2 atom stereocenters. The molecule has 168 valence electrons. The van der Waals surface area contributed by atoms with E-state index in [2.05, 4.69) is 5.32 Å². The van der Waals surface area contributed by atoms with Crippen LogP contribution in [-0.4, -0.2) is 52.1 Å². The maximum atomic E-state index is 13.7. The van der Waals surface area contributed by atoms with Gasteiger partial charge in [-0.15, -0.1) is 0 Å². The predicted octanol–water partition coefficient (Wildman–Crippen LogP) is 3.86. The van der Waals surface area contributed by atoms with Crippen LogP contribution in [0, 0.1) is 0 Å². The van der Waals surface area contributed by atoms with Crippen molar-refractivity contribution >= 4 is 22.9 Å². The normalized spacial score (nSPS) is 27.8. The summed E-state index contributed by atoms with van der Waals surface area (Å²) in [5.41, 5.74) is 1.17. The van der Waals surface area contributed by atoms with E-state index in [1.54, 1.807) is 17.2 Å². The first-order valence-corrected chi connectivity index (χ1v) is 11.9. The highest BCUT2D eigenvalue weighted by Crippen LogP contribution is 2.34. The molecule has 0 bridgehead atoms. The highest BCUT2D eigenvalue weighted by Gasteiger charge is 2.49. The van der Waals surface area contributed by atoms with Gasteiger partial charge in [0.05, 0.1) is 24.4 Å². The third kappa shape index (κ3) is 3.77. The van der Waals surface area contributed by atoms with Crippen molar-refractivity contribution in [1.29, 1.82) is 0 Å². The van der Waals surface area contributed by atoms with E-state index in [-0.39, 0.29) is 24.0 Å². The Bertz CT molecular complexity index is 949. The number of rotatable bonds is 4. The summed E-state index contributed by atoms with van der Waals surface area (Å²) in [7, 11) is 0. The minimum absolute atomic E-state index is 0.0121. The zero-order valence-electron chi connectivity index (χ0n) is 18.4. The van der Waals surface area contributed by atoms with Crippen LogP contribution in [0.3, 0.4) is 0 Å². The second-order valence-corrected chi connectivity index (χ2v) is 9.63. The zero-order chi connectivity index (χ0) is 21.4. The number of furan rings is 1. The quantitative estimate of drug-likeness (QED) is 0.804. The summed E-state index contributed by atoms with van der Waals surface area (Å²) >= 11 is 0. The smallest absolute Gasteiger partial charge is 0.271 e. The van der Waals surface area contributed by atoms with Gasteiger partial charge in [0.1, 0.15) is 11.2 Å². The standard InChI is InChI=1S/C24H33N3O4/c1-24(23(29)25-17-8-5-3-2-4-6-9-17)16-26-19-11-13-31-21(19)14-20(26)22(28)27(24)15-18-10-7-12-30-18/h11,13-14,17-18H,2-10,12,15-16H2,1H3,(H,25,29)/t18-,24-/m1/s1. The second kappa shape index (κ2) is 8.34. The van der Waals surface area contributed by atoms with Gasteiger partial charge < -0.3 is 23.9 Å². The van der Waals surface area contributed by atoms with Crippen molar-refractivity contribution in [2.24, 2.45) is 0 Å². The zero-order valence-corrected chi connectivity index (χ0v) is 18.4. The van der Waals surface area contributed by atoms with Gasteiger partial charge in [-0.05, 0) is 32.6 Å². The largest absolute Gasteiger partial charge is 0.463 e. The molecule has 1 saturated carbocycles. The first-order valence-electron chi connectivity index (χ1n) is 11.9. The molecule has 7 nitrogen and oxygen atoms in total. The summed E-state index contributed by atoms with van der Waals surface area (Å²) in [5.74, 6) is -0.177. The van der Waals surface area contributed by atoms with Crippen molar-refractivity contribution in [2.75, 3.05) is 13.2 Å². The first kappa shape index (κ1) is 20.6. The van der Waals surface area contributed by atoms with Crippen LogP contribution in [0.4, 0.5) is 0 Å². The lowest BCUT2D eigenvalue weighted by molar-refractivity contribution is -0.134. The van der Waals surface area contributed by atoms with Gasteiger partial charge >= 0.3 is 0 Å². The summed E-state index contributed by atoms with van der Waals surface area (Å²) in [6.07, 6.45) is 11.6. The molecule has 1 N–H and O–H groups in total. The van der Waals surface area contributed by atoms with Gasteiger partial charge in [-0.1, -0.05) is 32.1 Å². The highest BCUT2D eigenvalue weighted by atomic mass is 16.5. The van der Waals surface area contributed by atoms with E-state index in [9.17, 15) is 9.59 Å². The average molecular weight is 428 g/mol. The van der Waals surface area contributed by atoms with Crippen molar-refractivity contribution in [1.82, 2.24) is 14.8 Å². The molecule has 2 fully saturated rings. The Morgan fingerprint density at radius 1 is 1.16 bits per heavy atom. The van der Waals surface area contributed by atoms with Gasteiger partial charge in [-0.2, -0.15) is 0 Å². The van der Waals surface area contributed by atoms with E-state index in [1.165, 1.54) is 19.3 Å². The van der Waals surface area contributed by atoms with Gasteiger partial charge in [0.25, 0.3) is 5.91 Å². The van der Waals surface area contributed by atoms with Crippen molar-refractivity contribution in [3.8, 4) is 0 Å². The summed E-state index contributed by atoms with van der Waals surface area (Å²) in [6.45, 7) is 3.50. The van der Waals surface area contributed by atoms with Gasteiger partial charge in [0.2, 0.25) is 5.91 Å². The molecule has 0 radical (unpaired) electrons. The van der Waals surface area contributed by atoms with Crippen LogP contribution in [0.5, 0.6) is 0 Å².